The van der Waals surface area contributed by atoms with Crippen molar-refractivity contribution in [3.8, 4) is 0 Å². The molecule has 3 rings (SSSR count). The Bertz CT molecular complexity index is 1040. The summed E-state index contributed by atoms with van der Waals surface area (Å²) in [6.45, 7) is 5.95. The minimum atomic E-state index is -3.42. The molecule has 1 aliphatic rings. The van der Waals surface area contributed by atoms with Crippen molar-refractivity contribution in [2.75, 3.05) is 16.5 Å². The maximum atomic E-state index is 12.4. The number of rotatable bonds is 6. The van der Waals surface area contributed by atoms with E-state index in [4.69, 9.17) is 5.73 Å². The first-order valence-corrected chi connectivity index (χ1v) is 10.2. The Balaban J connectivity index is 2.22. The van der Waals surface area contributed by atoms with Gasteiger partial charge >= 0.3 is 0 Å². The number of nitrogens with zero attached hydrogens (tertiary/aromatic N) is 2. The molecule has 1 aliphatic heterocycles. The number of hydrazine groups is 1. The summed E-state index contributed by atoms with van der Waals surface area (Å²) in [6, 6.07) is 4.92. The third-order valence-electron chi connectivity index (χ3n) is 4.40. The number of carbonyl (C=O) groups excluding carboxylic acids is 1. The van der Waals surface area contributed by atoms with Gasteiger partial charge in [-0.2, -0.15) is 5.10 Å². The van der Waals surface area contributed by atoms with Gasteiger partial charge in [0.05, 0.1) is 28.2 Å². The van der Waals surface area contributed by atoms with Gasteiger partial charge in [-0.25, -0.2) is 13.1 Å². The van der Waals surface area contributed by atoms with Crippen LogP contribution in [0.25, 0.3) is 5.70 Å². The summed E-state index contributed by atoms with van der Waals surface area (Å²) in [7, 11) is -3.42. The highest BCUT2D eigenvalue weighted by molar-refractivity contribution is 7.91. The van der Waals surface area contributed by atoms with Gasteiger partial charge in [-0.3, -0.25) is 15.6 Å². The maximum absolute atomic E-state index is 12.4. The van der Waals surface area contributed by atoms with Crippen LogP contribution in [0.1, 0.15) is 25.0 Å². The highest BCUT2D eigenvalue weighted by atomic mass is 32.2. The number of anilines is 2. The van der Waals surface area contributed by atoms with E-state index in [2.05, 4.69) is 21.3 Å². The number of hydrogen-bond acceptors (Lipinski definition) is 7. The van der Waals surface area contributed by atoms with E-state index in [1.807, 2.05) is 6.92 Å². The van der Waals surface area contributed by atoms with Crippen LogP contribution in [0.15, 0.2) is 35.0 Å². The fraction of sp³-hybridized carbons (Fsp3) is 0.294. The van der Waals surface area contributed by atoms with E-state index in [1.165, 1.54) is 0 Å². The Morgan fingerprint density at radius 1 is 1.30 bits per heavy atom. The van der Waals surface area contributed by atoms with Gasteiger partial charge in [0.1, 0.15) is 11.5 Å². The molecule has 0 saturated carbocycles. The summed E-state index contributed by atoms with van der Waals surface area (Å²) in [5, 5.41) is 7.37. The second-order valence-corrected chi connectivity index (χ2v) is 8.37. The van der Waals surface area contributed by atoms with Crippen LogP contribution < -0.4 is 21.9 Å². The number of aromatic nitrogens is 2. The third kappa shape index (κ3) is 3.35. The summed E-state index contributed by atoms with van der Waals surface area (Å²) < 4.78 is 26.5. The number of amides is 1. The van der Waals surface area contributed by atoms with Crippen LogP contribution in [0, 0.1) is 6.92 Å². The molecule has 1 aromatic carbocycles. The van der Waals surface area contributed by atoms with Crippen molar-refractivity contribution in [3.05, 3.63) is 41.2 Å². The number of benzene rings is 1. The number of carbonyl (C=O) groups is 1. The molecule has 27 heavy (non-hydrogen) atoms. The maximum Gasteiger partial charge on any atom is 0.268 e. The molecule has 0 radical (unpaired) electrons. The summed E-state index contributed by atoms with van der Waals surface area (Å²) in [5.74, 6) is -0.0452. The first kappa shape index (κ1) is 18.8. The zero-order chi connectivity index (χ0) is 19.8. The fourth-order valence-electron chi connectivity index (χ4n) is 2.92. The monoisotopic (exact) mass is 390 g/mol. The number of sulfone groups is 1. The van der Waals surface area contributed by atoms with Gasteiger partial charge in [-0.1, -0.05) is 6.92 Å². The second-order valence-electron chi connectivity index (χ2n) is 6.09. The van der Waals surface area contributed by atoms with Crippen LogP contribution in [0.2, 0.25) is 0 Å². The zero-order valence-corrected chi connectivity index (χ0v) is 16.1. The molecule has 1 aromatic heterocycles. The number of nitrogens with one attached hydrogen (secondary N) is 3. The quantitative estimate of drug-likeness (QED) is 0.583. The predicted octanol–water partition coefficient (Wildman–Crippen LogP) is 1.20. The zero-order valence-electron chi connectivity index (χ0n) is 15.3. The Morgan fingerprint density at radius 3 is 2.67 bits per heavy atom. The minimum absolute atomic E-state index is 0.0192. The summed E-state index contributed by atoms with van der Waals surface area (Å²) in [6.07, 6.45) is 1.63. The van der Waals surface area contributed by atoms with Gasteiger partial charge < -0.3 is 11.1 Å². The number of primary amides is 1. The first-order valence-electron chi connectivity index (χ1n) is 8.51. The third-order valence-corrected chi connectivity index (χ3v) is 6.11. The molecule has 0 aliphatic carbocycles. The van der Waals surface area contributed by atoms with Crippen molar-refractivity contribution in [1.82, 2.24) is 15.2 Å². The number of hydrogen-bond donors (Lipinski definition) is 4. The molecule has 0 fully saturated rings. The molecule has 144 valence electrons. The van der Waals surface area contributed by atoms with Crippen LogP contribution in [0.5, 0.6) is 0 Å². The molecule has 9 nitrogen and oxygen atoms in total. The SMILES string of the molecule is CCn1nccc1NC1=C(C(N)=O)NNc2c(C)cc(S(=O)(=O)CC)cc21. The summed E-state index contributed by atoms with van der Waals surface area (Å²) >= 11 is 0. The number of nitrogens with two attached hydrogens (primary N) is 1. The molecule has 0 bridgehead atoms. The van der Waals surface area contributed by atoms with Crippen molar-refractivity contribution in [2.24, 2.45) is 5.73 Å². The van der Waals surface area contributed by atoms with Crippen LogP contribution in [-0.4, -0.2) is 29.9 Å². The van der Waals surface area contributed by atoms with Gasteiger partial charge in [0.2, 0.25) is 0 Å². The van der Waals surface area contributed by atoms with Crippen molar-refractivity contribution >= 4 is 32.9 Å². The van der Waals surface area contributed by atoms with Crippen molar-refractivity contribution in [2.45, 2.75) is 32.2 Å². The highest BCUT2D eigenvalue weighted by Gasteiger charge is 2.26. The molecular weight excluding hydrogens is 368 g/mol. The van der Waals surface area contributed by atoms with Gasteiger partial charge in [0, 0.05) is 18.2 Å². The molecule has 0 unspecified atom stereocenters. The molecule has 1 amide bonds. The Kier molecular flexibility index (Phi) is 4.83. The molecule has 10 heteroatoms. The average molecular weight is 390 g/mol. The number of fused-ring (bicyclic) bond motifs is 1. The highest BCUT2D eigenvalue weighted by Crippen LogP contribution is 2.35. The van der Waals surface area contributed by atoms with E-state index in [0.29, 0.717) is 29.3 Å². The smallest absolute Gasteiger partial charge is 0.268 e. The van der Waals surface area contributed by atoms with Crippen LogP contribution in [-0.2, 0) is 21.2 Å². The normalized spacial score (nSPS) is 13.6. The van der Waals surface area contributed by atoms with E-state index in [9.17, 15) is 13.2 Å². The lowest BCUT2D eigenvalue weighted by atomic mass is 10.0. The van der Waals surface area contributed by atoms with E-state index < -0.39 is 15.7 Å². The summed E-state index contributed by atoms with van der Waals surface area (Å²) in [4.78, 5) is 12.2. The predicted molar refractivity (Wildman–Crippen MR) is 103 cm³/mol. The first-order chi connectivity index (χ1) is 12.8. The molecule has 0 spiro atoms. The molecule has 0 saturated heterocycles. The van der Waals surface area contributed by atoms with Gasteiger partial charge in [0.15, 0.2) is 9.84 Å². The standard InChI is InChI=1S/C17H22N6O3S/c1-4-23-13(6-7-19-23)20-15-12-9-11(27(25,26)5-2)8-10(3)14(12)21-22-16(15)17(18)24/h6-9,20-22H,4-5H2,1-3H3,(H2,18,24). The lowest BCUT2D eigenvalue weighted by Gasteiger charge is -2.27. The number of aryl methyl sites for hydroxylation is 2. The lowest BCUT2D eigenvalue weighted by Crippen LogP contribution is -2.36. The molecule has 2 aromatic rings. The van der Waals surface area contributed by atoms with Crippen molar-refractivity contribution < 1.29 is 13.2 Å². The minimum Gasteiger partial charge on any atom is -0.364 e. The Morgan fingerprint density at radius 2 is 2.04 bits per heavy atom. The molecular formula is C17H22N6O3S. The van der Waals surface area contributed by atoms with Crippen molar-refractivity contribution in [3.63, 3.8) is 0 Å². The van der Waals surface area contributed by atoms with Gasteiger partial charge in [-0.05, 0) is 31.5 Å². The molecule has 2 heterocycles. The van der Waals surface area contributed by atoms with Crippen LogP contribution in [0.3, 0.4) is 0 Å². The van der Waals surface area contributed by atoms with Crippen LogP contribution >= 0.6 is 0 Å². The van der Waals surface area contributed by atoms with E-state index >= 15 is 0 Å². The van der Waals surface area contributed by atoms with E-state index in [0.717, 1.165) is 5.56 Å². The largest absolute Gasteiger partial charge is 0.364 e. The van der Waals surface area contributed by atoms with E-state index in [-0.39, 0.29) is 16.3 Å². The van der Waals surface area contributed by atoms with Gasteiger partial charge in [0.25, 0.3) is 5.91 Å². The molecule has 0 atom stereocenters. The topological polar surface area (TPSA) is 131 Å². The van der Waals surface area contributed by atoms with E-state index in [1.54, 1.807) is 42.9 Å². The average Bonchev–Trinajstić information content (AvgIpc) is 3.09. The Hall–Kier alpha value is -3.01. The van der Waals surface area contributed by atoms with Gasteiger partial charge in [-0.15, -0.1) is 0 Å². The molecule has 5 N–H and O–H groups in total. The lowest BCUT2D eigenvalue weighted by molar-refractivity contribution is -0.114. The summed E-state index contributed by atoms with van der Waals surface area (Å²) in [5.41, 5.74) is 13.7. The second kappa shape index (κ2) is 6.95. The van der Waals surface area contributed by atoms with Crippen molar-refractivity contribution in [1.29, 1.82) is 0 Å². The Labute approximate surface area is 157 Å². The fourth-order valence-corrected chi connectivity index (χ4v) is 3.91. The van der Waals surface area contributed by atoms with Crippen LogP contribution in [0.4, 0.5) is 11.5 Å².